The van der Waals surface area contributed by atoms with E-state index in [4.69, 9.17) is 16.2 Å². The van der Waals surface area contributed by atoms with Crippen LogP contribution in [0.1, 0.15) is 37.7 Å². The molecule has 8 nitrogen and oxygen atoms in total. The Morgan fingerprint density at radius 3 is 2.76 bits per heavy atom. The zero-order valence-corrected chi connectivity index (χ0v) is 14.2. The third-order valence-electron chi connectivity index (χ3n) is 4.99. The molecule has 0 saturated heterocycles. The maximum absolute atomic E-state index is 11.7. The molecule has 1 aliphatic carbocycles. The monoisotopic (exact) mass is 342 g/mol. The molecule has 1 spiro atoms. The lowest BCUT2D eigenvalue weighted by molar-refractivity contribution is -0.118. The van der Waals surface area contributed by atoms with Crippen LogP contribution in [0.15, 0.2) is 22.1 Å². The summed E-state index contributed by atoms with van der Waals surface area (Å²) in [6.07, 6.45) is 5.02. The number of hydrogen-bond acceptors (Lipinski definition) is 7. The van der Waals surface area contributed by atoms with Gasteiger partial charge in [-0.1, -0.05) is 6.42 Å². The number of fused-ring (bicyclic) bond motifs is 1. The van der Waals surface area contributed by atoms with Gasteiger partial charge in [-0.25, -0.2) is 4.99 Å². The molecular weight excluding hydrogens is 320 g/mol. The average Bonchev–Trinajstić information content (AvgIpc) is 2.54. The second-order valence-corrected chi connectivity index (χ2v) is 6.79. The van der Waals surface area contributed by atoms with E-state index in [0.29, 0.717) is 17.4 Å². The minimum atomic E-state index is -0.506. The Morgan fingerprint density at radius 2 is 2.00 bits per heavy atom. The van der Waals surface area contributed by atoms with Gasteiger partial charge in [-0.15, -0.1) is 0 Å². The molecule has 0 bridgehead atoms. The Bertz CT molecular complexity index is 795. The molecule has 3 aliphatic rings. The number of rotatable bonds is 1. The summed E-state index contributed by atoms with van der Waals surface area (Å²) >= 11 is 0. The van der Waals surface area contributed by atoms with Gasteiger partial charge >= 0.3 is 0 Å². The van der Waals surface area contributed by atoms with Crippen LogP contribution in [-0.4, -0.2) is 30.1 Å². The molecule has 0 atom stereocenters. The first-order valence-corrected chi connectivity index (χ1v) is 8.55. The van der Waals surface area contributed by atoms with Gasteiger partial charge in [0.05, 0.1) is 5.69 Å². The predicted molar refractivity (Wildman–Crippen MR) is 96.8 cm³/mol. The lowest BCUT2D eigenvalue weighted by Crippen LogP contribution is -2.58. The molecule has 8 heteroatoms. The number of nitrogens with one attached hydrogen (secondary N) is 1. The molecular formula is C17H22N6O2. The largest absolute Gasteiger partial charge is 0.481 e. The summed E-state index contributed by atoms with van der Waals surface area (Å²) in [7, 11) is 0. The van der Waals surface area contributed by atoms with Crippen LogP contribution in [0.25, 0.3) is 0 Å². The van der Waals surface area contributed by atoms with E-state index in [0.717, 1.165) is 36.9 Å². The minimum absolute atomic E-state index is 0.0330. The van der Waals surface area contributed by atoms with Gasteiger partial charge in [0.25, 0.3) is 5.91 Å². The number of ether oxygens (including phenoxy) is 1. The lowest BCUT2D eigenvalue weighted by Gasteiger charge is -2.45. The summed E-state index contributed by atoms with van der Waals surface area (Å²) in [6.45, 7) is 1.98. The Kier molecular flexibility index (Phi) is 3.55. The van der Waals surface area contributed by atoms with Gasteiger partial charge in [0.15, 0.2) is 6.61 Å². The molecule has 1 amide bonds. The van der Waals surface area contributed by atoms with Gasteiger partial charge in [-0.3, -0.25) is 9.69 Å². The average molecular weight is 342 g/mol. The van der Waals surface area contributed by atoms with Crippen molar-refractivity contribution in [3.05, 3.63) is 17.7 Å². The number of hydrogen-bond donors (Lipinski definition) is 3. The number of carbonyl (C=O) groups excluding carboxylic acids is 1. The smallest absolute Gasteiger partial charge is 0.262 e. The Morgan fingerprint density at radius 1 is 1.24 bits per heavy atom. The molecule has 0 unspecified atom stereocenters. The topological polar surface area (TPSA) is 118 Å². The van der Waals surface area contributed by atoms with E-state index in [1.165, 1.54) is 6.42 Å². The zero-order valence-electron chi connectivity index (χ0n) is 14.2. The van der Waals surface area contributed by atoms with Crippen LogP contribution in [0, 0.1) is 6.92 Å². The van der Waals surface area contributed by atoms with Crippen LogP contribution in [0.4, 0.5) is 11.4 Å². The first kappa shape index (κ1) is 15.7. The number of anilines is 2. The van der Waals surface area contributed by atoms with E-state index in [2.05, 4.69) is 15.3 Å². The molecule has 2 heterocycles. The SMILES string of the molecule is Cc1cc(N2C(N)=NC(N)=NC23CCCCC3)cc2c1OCC(=O)N2. The Labute approximate surface area is 145 Å². The highest BCUT2D eigenvalue weighted by Gasteiger charge is 2.43. The molecule has 0 aromatic heterocycles. The first-order valence-electron chi connectivity index (χ1n) is 8.55. The van der Waals surface area contributed by atoms with Gasteiger partial charge in [0, 0.05) is 5.69 Å². The molecule has 1 saturated carbocycles. The van der Waals surface area contributed by atoms with Crippen LogP contribution >= 0.6 is 0 Å². The molecule has 1 aromatic rings. The number of carbonyl (C=O) groups is 1. The van der Waals surface area contributed by atoms with Gasteiger partial charge in [-0.2, -0.15) is 4.99 Å². The summed E-state index contributed by atoms with van der Waals surface area (Å²) in [5.41, 5.74) is 14.1. The van der Waals surface area contributed by atoms with Crippen LogP contribution in [0.3, 0.4) is 0 Å². The van der Waals surface area contributed by atoms with E-state index in [1.54, 1.807) is 0 Å². The summed E-state index contributed by atoms with van der Waals surface area (Å²) in [4.78, 5) is 22.5. The third-order valence-corrected chi connectivity index (χ3v) is 4.99. The van der Waals surface area contributed by atoms with Crippen molar-refractivity contribution >= 4 is 29.2 Å². The molecule has 1 aromatic carbocycles. The zero-order chi connectivity index (χ0) is 17.6. The molecule has 5 N–H and O–H groups in total. The summed E-state index contributed by atoms with van der Waals surface area (Å²) < 4.78 is 5.55. The normalized spacial score (nSPS) is 21.8. The molecule has 132 valence electrons. The van der Waals surface area contributed by atoms with Crippen molar-refractivity contribution in [3.8, 4) is 5.75 Å². The van der Waals surface area contributed by atoms with Crippen LogP contribution in [0.2, 0.25) is 0 Å². The summed E-state index contributed by atoms with van der Waals surface area (Å²) in [5, 5.41) is 2.86. The van der Waals surface area contributed by atoms with E-state index >= 15 is 0 Å². The highest BCUT2D eigenvalue weighted by Crippen LogP contribution is 2.43. The van der Waals surface area contributed by atoms with E-state index in [-0.39, 0.29) is 18.5 Å². The summed E-state index contributed by atoms with van der Waals surface area (Å²) in [6, 6.07) is 3.86. The van der Waals surface area contributed by atoms with Crippen LogP contribution in [0.5, 0.6) is 5.75 Å². The number of nitrogens with zero attached hydrogens (tertiary/aromatic N) is 3. The molecule has 4 rings (SSSR count). The van der Waals surface area contributed by atoms with Gasteiger partial charge < -0.3 is 21.5 Å². The molecule has 1 fully saturated rings. The highest BCUT2D eigenvalue weighted by molar-refractivity contribution is 6.06. The Hall–Kier alpha value is -2.77. The van der Waals surface area contributed by atoms with Crippen molar-refractivity contribution in [2.75, 3.05) is 16.8 Å². The quantitative estimate of drug-likeness (QED) is 0.713. The van der Waals surface area contributed by atoms with Gasteiger partial charge in [0.2, 0.25) is 11.9 Å². The van der Waals surface area contributed by atoms with Gasteiger partial charge in [-0.05, 0) is 50.3 Å². The van der Waals surface area contributed by atoms with E-state index in [1.807, 2.05) is 24.0 Å². The number of nitrogens with two attached hydrogens (primary N) is 2. The van der Waals surface area contributed by atoms with Crippen molar-refractivity contribution in [1.29, 1.82) is 0 Å². The van der Waals surface area contributed by atoms with E-state index < -0.39 is 5.66 Å². The third kappa shape index (κ3) is 2.57. The maximum Gasteiger partial charge on any atom is 0.262 e. The van der Waals surface area contributed by atoms with Gasteiger partial charge in [0.1, 0.15) is 11.4 Å². The van der Waals surface area contributed by atoms with Crippen molar-refractivity contribution in [2.24, 2.45) is 21.5 Å². The number of aryl methyl sites for hydroxylation is 1. The number of aliphatic imine (C=N–C) groups is 2. The fourth-order valence-electron chi connectivity index (χ4n) is 3.99. The standard InChI is InChI=1S/C17H22N6O2/c1-10-7-11(8-12-14(10)25-9-13(24)20-12)23-16(19)21-15(18)22-17(23)5-3-2-4-6-17/h7-8H,2-6,9H2,1H3,(H,20,24)(H4,18,19,21,22). The van der Waals surface area contributed by atoms with Crippen molar-refractivity contribution in [1.82, 2.24) is 0 Å². The van der Waals surface area contributed by atoms with Crippen molar-refractivity contribution < 1.29 is 9.53 Å². The molecule has 25 heavy (non-hydrogen) atoms. The number of benzene rings is 1. The van der Waals surface area contributed by atoms with Crippen LogP contribution < -0.4 is 26.4 Å². The van der Waals surface area contributed by atoms with Crippen molar-refractivity contribution in [3.63, 3.8) is 0 Å². The predicted octanol–water partition coefficient (Wildman–Crippen LogP) is 1.44. The molecule has 2 aliphatic heterocycles. The summed E-state index contributed by atoms with van der Waals surface area (Å²) in [5.74, 6) is 1.08. The fraction of sp³-hybridized carbons (Fsp3) is 0.471. The fourth-order valence-corrected chi connectivity index (χ4v) is 3.99. The minimum Gasteiger partial charge on any atom is -0.481 e. The first-order chi connectivity index (χ1) is 12.0. The maximum atomic E-state index is 11.7. The second-order valence-electron chi connectivity index (χ2n) is 6.79. The molecule has 0 radical (unpaired) electrons. The van der Waals surface area contributed by atoms with Crippen molar-refractivity contribution in [2.45, 2.75) is 44.7 Å². The van der Waals surface area contributed by atoms with Crippen LogP contribution in [-0.2, 0) is 4.79 Å². The second kappa shape index (κ2) is 5.65. The lowest BCUT2D eigenvalue weighted by atomic mass is 9.87. The van der Waals surface area contributed by atoms with E-state index in [9.17, 15) is 4.79 Å². The Balaban J connectivity index is 1.82. The number of amides is 1. The number of guanidine groups is 2. The highest BCUT2D eigenvalue weighted by atomic mass is 16.5.